The van der Waals surface area contributed by atoms with Gasteiger partial charge in [0, 0.05) is 18.5 Å². The van der Waals surface area contributed by atoms with Crippen molar-refractivity contribution in [3.05, 3.63) is 41.9 Å². The SMILES string of the molecule is CCCCCC(C)C(=O)c1c(-c2ccccc2)nc(C(N)=O)n1C. The predicted octanol–water partition coefficient (Wildman–Crippen LogP) is 3.59. The van der Waals surface area contributed by atoms with Gasteiger partial charge in [0.15, 0.2) is 11.6 Å². The number of carbonyl (C=O) groups is 2. The van der Waals surface area contributed by atoms with Crippen molar-refractivity contribution in [2.75, 3.05) is 0 Å². The quantitative estimate of drug-likeness (QED) is 0.594. The number of ketones is 1. The van der Waals surface area contributed by atoms with E-state index in [1.54, 1.807) is 7.05 Å². The van der Waals surface area contributed by atoms with Gasteiger partial charge in [0.2, 0.25) is 0 Å². The molecule has 0 aliphatic rings. The van der Waals surface area contributed by atoms with Crippen LogP contribution in [0.3, 0.4) is 0 Å². The zero-order valence-corrected chi connectivity index (χ0v) is 14.6. The first-order chi connectivity index (χ1) is 11.5. The van der Waals surface area contributed by atoms with Gasteiger partial charge >= 0.3 is 0 Å². The minimum Gasteiger partial charge on any atom is -0.363 e. The average Bonchev–Trinajstić information content (AvgIpc) is 2.92. The highest BCUT2D eigenvalue weighted by molar-refractivity contribution is 6.03. The highest BCUT2D eigenvalue weighted by atomic mass is 16.1. The smallest absolute Gasteiger partial charge is 0.284 e. The van der Waals surface area contributed by atoms with E-state index in [0.717, 1.165) is 31.2 Å². The summed E-state index contributed by atoms with van der Waals surface area (Å²) < 4.78 is 1.53. The van der Waals surface area contributed by atoms with Crippen molar-refractivity contribution in [1.29, 1.82) is 0 Å². The van der Waals surface area contributed by atoms with Crippen LogP contribution in [-0.2, 0) is 7.05 Å². The van der Waals surface area contributed by atoms with Gasteiger partial charge < -0.3 is 10.3 Å². The Labute approximate surface area is 142 Å². The van der Waals surface area contributed by atoms with Crippen LogP contribution in [0.1, 0.15) is 60.6 Å². The van der Waals surface area contributed by atoms with Crippen molar-refractivity contribution in [3.8, 4) is 11.3 Å². The lowest BCUT2D eigenvalue weighted by molar-refractivity contribution is 0.0914. The number of unbranched alkanes of at least 4 members (excludes halogenated alkanes) is 2. The largest absolute Gasteiger partial charge is 0.363 e. The van der Waals surface area contributed by atoms with E-state index in [1.165, 1.54) is 4.57 Å². The molecule has 0 fully saturated rings. The van der Waals surface area contributed by atoms with Gasteiger partial charge in [-0.2, -0.15) is 0 Å². The van der Waals surface area contributed by atoms with Crippen LogP contribution in [-0.4, -0.2) is 21.2 Å². The maximum absolute atomic E-state index is 13.0. The lowest BCUT2D eigenvalue weighted by Gasteiger charge is -2.12. The second-order valence-corrected chi connectivity index (χ2v) is 6.18. The zero-order valence-electron chi connectivity index (χ0n) is 14.6. The number of nitrogens with two attached hydrogens (primary N) is 1. The molecule has 1 unspecified atom stereocenters. The molecule has 2 rings (SSSR count). The van der Waals surface area contributed by atoms with Crippen molar-refractivity contribution in [1.82, 2.24) is 9.55 Å². The summed E-state index contributed by atoms with van der Waals surface area (Å²) in [6.07, 6.45) is 4.08. The summed E-state index contributed by atoms with van der Waals surface area (Å²) in [6, 6.07) is 9.42. The highest BCUT2D eigenvalue weighted by Crippen LogP contribution is 2.27. The van der Waals surface area contributed by atoms with Crippen LogP contribution in [0.25, 0.3) is 11.3 Å². The van der Waals surface area contributed by atoms with Gasteiger partial charge in [0.05, 0.1) is 0 Å². The molecule has 2 aromatic rings. The minimum absolute atomic E-state index is 0.00690. The molecule has 24 heavy (non-hydrogen) atoms. The number of amides is 1. The molecule has 1 atom stereocenters. The molecule has 128 valence electrons. The van der Waals surface area contributed by atoms with Crippen molar-refractivity contribution >= 4 is 11.7 Å². The lowest BCUT2D eigenvalue weighted by atomic mass is 9.94. The van der Waals surface area contributed by atoms with Gasteiger partial charge in [-0.15, -0.1) is 0 Å². The van der Waals surface area contributed by atoms with Crippen molar-refractivity contribution in [2.24, 2.45) is 18.7 Å². The lowest BCUT2D eigenvalue weighted by Crippen LogP contribution is -2.20. The third kappa shape index (κ3) is 3.72. The Morgan fingerprint density at radius 1 is 1.21 bits per heavy atom. The standard InChI is InChI=1S/C19H25N3O2/c1-4-5-7-10-13(2)17(23)16-15(14-11-8-6-9-12-14)21-19(18(20)24)22(16)3/h6,8-9,11-13H,4-5,7,10H2,1-3H3,(H2,20,24). The van der Waals surface area contributed by atoms with Crippen molar-refractivity contribution in [3.63, 3.8) is 0 Å². The number of hydrogen-bond acceptors (Lipinski definition) is 3. The maximum Gasteiger partial charge on any atom is 0.284 e. The van der Waals surface area contributed by atoms with E-state index in [4.69, 9.17) is 5.73 Å². The van der Waals surface area contributed by atoms with Gasteiger partial charge in [-0.25, -0.2) is 4.98 Å². The average molecular weight is 327 g/mol. The maximum atomic E-state index is 13.0. The van der Waals surface area contributed by atoms with Crippen LogP contribution in [0.15, 0.2) is 30.3 Å². The van der Waals surface area contributed by atoms with Crippen LogP contribution in [0.5, 0.6) is 0 Å². The third-order valence-electron chi connectivity index (χ3n) is 4.28. The molecule has 0 aliphatic heterocycles. The Balaban J connectivity index is 2.44. The summed E-state index contributed by atoms with van der Waals surface area (Å²) in [5, 5.41) is 0. The van der Waals surface area contributed by atoms with E-state index >= 15 is 0 Å². The molecule has 0 saturated carbocycles. The van der Waals surface area contributed by atoms with Gasteiger partial charge in [0.25, 0.3) is 5.91 Å². The fraction of sp³-hybridized carbons (Fsp3) is 0.421. The van der Waals surface area contributed by atoms with Gasteiger partial charge in [0.1, 0.15) is 11.4 Å². The first-order valence-corrected chi connectivity index (χ1v) is 8.43. The van der Waals surface area contributed by atoms with Crippen molar-refractivity contribution in [2.45, 2.75) is 39.5 Å². The molecule has 0 spiro atoms. The number of imidazole rings is 1. The van der Waals surface area contributed by atoms with Crippen LogP contribution in [0.2, 0.25) is 0 Å². The molecule has 5 nitrogen and oxygen atoms in total. The molecule has 0 saturated heterocycles. The van der Waals surface area contributed by atoms with E-state index in [0.29, 0.717) is 11.4 Å². The second kappa shape index (κ2) is 7.90. The summed E-state index contributed by atoms with van der Waals surface area (Å²) >= 11 is 0. The van der Waals surface area contributed by atoms with Crippen LogP contribution in [0, 0.1) is 5.92 Å². The first-order valence-electron chi connectivity index (χ1n) is 8.43. The Morgan fingerprint density at radius 3 is 2.46 bits per heavy atom. The van der Waals surface area contributed by atoms with Crippen LogP contribution in [0.4, 0.5) is 0 Å². The Hall–Kier alpha value is -2.43. The second-order valence-electron chi connectivity index (χ2n) is 6.18. The zero-order chi connectivity index (χ0) is 17.7. The predicted molar refractivity (Wildman–Crippen MR) is 94.8 cm³/mol. The fourth-order valence-corrected chi connectivity index (χ4v) is 2.86. The summed E-state index contributed by atoms with van der Waals surface area (Å²) in [7, 11) is 1.67. The fourth-order valence-electron chi connectivity index (χ4n) is 2.86. The molecular weight excluding hydrogens is 302 g/mol. The molecule has 1 aromatic carbocycles. The number of benzene rings is 1. The molecule has 1 heterocycles. The molecule has 2 N–H and O–H groups in total. The number of primary amides is 1. The summed E-state index contributed by atoms with van der Waals surface area (Å²) in [5.41, 5.74) is 7.21. The van der Waals surface area contributed by atoms with Crippen LogP contribution >= 0.6 is 0 Å². The van der Waals surface area contributed by atoms with Gasteiger partial charge in [-0.1, -0.05) is 63.4 Å². The Bertz CT molecular complexity index is 720. The number of carbonyl (C=O) groups excluding carboxylic acids is 2. The van der Waals surface area contributed by atoms with E-state index in [2.05, 4.69) is 11.9 Å². The highest BCUT2D eigenvalue weighted by Gasteiger charge is 2.27. The summed E-state index contributed by atoms with van der Waals surface area (Å²) in [6.45, 7) is 4.07. The number of Topliss-reactive ketones (excluding diaryl/α,β-unsaturated/α-hetero) is 1. The van der Waals surface area contributed by atoms with E-state index < -0.39 is 5.91 Å². The van der Waals surface area contributed by atoms with Gasteiger partial charge in [-0.05, 0) is 6.42 Å². The number of nitrogens with zero attached hydrogens (tertiary/aromatic N) is 2. The van der Waals surface area contributed by atoms with Gasteiger partial charge in [-0.3, -0.25) is 9.59 Å². The molecule has 0 bridgehead atoms. The summed E-state index contributed by atoms with van der Waals surface area (Å²) in [5.74, 6) is -0.632. The molecule has 1 aromatic heterocycles. The molecule has 5 heteroatoms. The molecule has 0 radical (unpaired) electrons. The monoisotopic (exact) mass is 327 g/mol. The molecule has 0 aliphatic carbocycles. The Kier molecular flexibility index (Phi) is 5.90. The summed E-state index contributed by atoms with van der Waals surface area (Å²) in [4.78, 5) is 29.0. The van der Waals surface area contributed by atoms with E-state index in [-0.39, 0.29) is 17.5 Å². The number of aromatic nitrogens is 2. The van der Waals surface area contributed by atoms with Crippen molar-refractivity contribution < 1.29 is 9.59 Å². The van der Waals surface area contributed by atoms with E-state index in [9.17, 15) is 9.59 Å². The molecular formula is C19H25N3O2. The normalized spacial score (nSPS) is 12.1. The first kappa shape index (κ1) is 17.9. The van der Waals surface area contributed by atoms with Crippen LogP contribution < -0.4 is 5.73 Å². The topological polar surface area (TPSA) is 78.0 Å². The minimum atomic E-state index is -0.632. The number of hydrogen-bond donors (Lipinski definition) is 1. The Morgan fingerprint density at radius 2 is 1.88 bits per heavy atom. The molecule has 1 amide bonds. The number of rotatable bonds is 8. The third-order valence-corrected chi connectivity index (χ3v) is 4.28. The van der Waals surface area contributed by atoms with E-state index in [1.807, 2.05) is 37.3 Å².